The van der Waals surface area contributed by atoms with Crippen LogP contribution in [0, 0.1) is 6.92 Å². The molecule has 2 saturated heterocycles. The van der Waals surface area contributed by atoms with Crippen LogP contribution in [-0.4, -0.2) is 58.5 Å². The fourth-order valence-electron chi connectivity index (χ4n) is 7.29. The molecule has 2 atom stereocenters. The summed E-state index contributed by atoms with van der Waals surface area (Å²) in [5, 5.41) is 12.3. The molecule has 14 heteroatoms. The maximum absolute atomic E-state index is 15.1. The van der Waals surface area contributed by atoms with Crippen molar-refractivity contribution in [2.75, 3.05) is 20.2 Å². The topological polar surface area (TPSA) is 139 Å². The number of rotatable bonds is 12. The molecule has 2 aliphatic heterocycles. The third kappa shape index (κ3) is 7.71. The van der Waals surface area contributed by atoms with Gasteiger partial charge in [-0.1, -0.05) is 42.5 Å². The van der Waals surface area contributed by atoms with Crippen molar-refractivity contribution in [3.8, 4) is 39.4 Å². The van der Waals surface area contributed by atoms with E-state index in [1.807, 2.05) is 6.07 Å². The van der Waals surface area contributed by atoms with Gasteiger partial charge in [0.15, 0.2) is 0 Å². The van der Waals surface area contributed by atoms with Crippen molar-refractivity contribution < 1.29 is 27.5 Å². The smallest absolute Gasteiger partial charge is 0.417 e. The van der Waals surface area contributed by atoms with E-state index in [2.05, 4.69) is 31.2 Å². The van der Waals surface area contributed by atoms with E-state index in [1.54, 1.807) is 55.6 Å². The van der Waals surface area contributed by atoms with Crippen LogP contribution in [0.15, 0.2) is 77.9 Å². The number of nitrogens with zero attached hydrogens (tertiary/aromatic N) is 3. The summed E-state index contributed by atoms with van der Waals surface area (Å²) >= 11 is 0. The Balaban J connectivity index is 1.16. The van der Waals surface area contributed by atoms with Gasteiger partial charge in [-0.2, -0.15) is 13.2 Å². The molecule has 5 aromatic rings. The van der Waals surface area contributed by atoms with Crippen LogP contribution in [0.5, 0.6) is 5.88 Å². The van der Waals surface area contributed by atoms with Crippen LogP contribution in [0.3, 0.4) is 0 Å². The maximum Gasteiger partial charge on any atom is 0.417 e. The molecule has 280 valence electrons. The summed E-state index contributed by atoms with van der Waals surface area (Å²) in [6, 6.07) is 16.5. The molecule has 0 aliphatic carbocycles. The van der Waals surface area contributed by atoms with E-state index in [1.165, 1.54) is 29.8 Å². The highest BCUT2D eigenvalue weighted by Crippen LogP contribution is 2.45. The number of halogens is 3. The number of nitrogens with one attached hydrogen (secondary N) is 4. The lowest BCUT2D eigenvalue weighted by atomic mass is 9.88. The first-order valence-electron chi connectivity index (χ1n) is 17.9. The third-order valence-corrected chi connectivity index (χ3v) is 10.1. The third-order valence-electron chi connectivity index (χ3n) is 10.1. The Hall–Kier alpha value is -5.60. The van der Waals surface area contributed by atoms with Gasteiger partial charge >= 0.3 is 6.18 Å². The van der Waals surface area contributed by atoms with Crippen molar-refractivity contribution in [2.24, 2.45) is 0 Å². The minimum atomic E-state index is -4.72. The van der Waals surface area contributed by atoms with Gasteiger partial charge in [-0.3, -0.25) is 18.8 Å². The van der Waals surface area contributed by atoms with Crippen molar-refractivity contribution in [3.05, 3.63) is 106 Å². The van der Waals surface area contributed by atoms with Gasteiger partial charge in [-0.15, -0.1) is 0 Å². The van der Waals surface area contributed by atoms with Crippen LogP contribution in [0.25, 0.3) is 39.2 Å². The number of fused-ring (bicyclic) bond motifs is 1. The first kappa shape index (κ1) is 36.7. The molecule has 54 heavy (non-hydrogen) atoms. The fraction of sp³-hybridized carbons (Fsp3) is 0.325. The molecule has 7 rings (SSSR count). The monoisotopic (exact) mass is 739 g/mol. The van der Waals surface area contributed by atoms with Gasteiger partial charge in [-0.05, 0) is 65.8 Å². The largest absolute Gasteiger partial charge is 0.481 e. The summed E-state index contributed by atoms with van der Waals surface area (Å²) < 4.78 is 52.2. The van der Waals surface area contributed by atoms with Crippen molar-refractivity contribution in [1.82, 2.24) is 35.6 Å². The second-order valence-corrected chi connectivity index (χ2v) is 13.7. The molecule has 2 amide bonds. The number of hydrogen-bond donors (Lipinski definition) is 4. The second-order valence-electron chi connectivity index (χ2n) is 13.7. The van der Waals surface area contributed by atoms with Gasteiger partial charge in [0.05, 0.1) is 18.4 Å². The molecule has 2 aromatic carbocycles. The average Bonchev–Trinajstić information content (AvgIpc) is 3.78. The Morgan fingerprint density at radius 2 is 1.46 bits per heavy atom. The molecule has 0 bridgehead atoms. The van der Waals surface area contributed by atoms with E-state index in [0.29, 0.717) is 71.5 Å². The number of carbonyl (C=O) groups excluding carboxylic acids is 2. The van der Waals surface area contributed by atoms with Crippen molar-refractivity contribution in [2.45, 2.75) is 64.0 Å². The molecule has 4 N–H and O–H groups in total. The number of hydrogen-bond acceptors (Lipinski definition) is 8. The minimum Gasteiger partial charge on any atom is -0.481 e. The van der Waals surface area contributed by atoms with Crippen LogP contribution in [0.4, 0.5) is 13.2 Å². The zero-order valence-electron chi connectivity index (χ0n) is 29.8. The van der Waals surface area contributed by atoms with Crippen molar-refractivity contribution in [3.63, 3.8) is 0 Å². The zero-order valence-corrected chi connectivity index (χ0v) is 29.8. The van der Waals surface area contributed by atoms with E-state index in [0.717, 1.165) is 12.8 Å². The van der Waals surface area contributed by atoms with E-state index in [4.69, 9.17) is 4.74 Å². The van der Waals surface area contributed by atoms with E-state index < -0.39 is 11.7 Å². The molecule has 11 nitrogen and oxygen atoms in total. The Kier molecular flexibility index (Phi) is 10.5. The lowest BCUT2D eigenvalue weighted by molar-refractivity contribution is -0.136. The predicted molar refractivity (Wildman–Crippen MR) is 198 cm³/mol. The van der Waals surface area contributed by atoms with E-state index >= 15 is 13.2 Å². The summed E-state index contributed by atoms with van der Waals surface area (Å²) in [6.07, 6.45) is 0.903. The molecule has 2 aliphatic rings. The summed E-state index contributed by atoms with van der Waals surface area (Å²) in [5.74, 6) is 0.254. The molecular weight excluding hydrogens is 699 g/mol. The van der Waals surface area contributed by atoms with Gasteiger partial charge in [0.2, 0.25) is 17.7 Å². The number of methoxy groups -OCH3 is 1. The second kappa shape index (κ2) is 15.4. The number of alkyl halides is 3. The molecule has 5 heterocycles. The lowest BCUT2D eigenvalue weighted by Crippen LogP contribution is -2.36. The number of benzene rings is 2. The summed E-state index contributed by atoms with van der Waals surface area (Å²) in [5.41, 5.74) is 2.95. The highest BCUT2D eigenvalue weighted by Gasteiger charge is 2.37. The molecular formula is C40H40F3N7O4. The van der Waals surface area contributed by atoms with Crippen LogP contribution in [0.1, 0.15) is 47.9 Å². The van der Waals surface area contributed by atoms with E-state index in [9.17, 15) is 14.4 Å². The molecule has 0 unspecified atom stereocenters. The van der Waals surface area contributed by atoms with Crippen LogP contribution in [0.2, 0.25) is 0 Å². The van der Waals surface area contributed by atoms with Crippen molar-refractivity contribution >= 4 is 17.5 Å². The Labute approximate surface area is 309 Å². The Bertz CT molecular complexity index is 2290. The number of ether oxygens (including phenoxy) is 1. The molecule has 3 aromatic heterocycles. The van der Waals surface area contributed by atoms with Crippen LogP contribution in [-0.2, 0) is 28.9 Å². The maximum atomic E-state index is 15.1. The minimum absolute atomic E-state index is 0.00826. The summed E-state index contributed by atoms with van der Waals surface area (Å²) in [6.45, 7) is 3.52. The molecule has 0 saturated carbocycles. The lowest BCUT2D eigenvalue weighted by Gasteiger charge is -2.20. The summed E-state index contributed by atoms with van der Waals surface area (Å²) in [4.78, 5) is 45.3. The van der Waals surface area contributed by atoms with E-state index in [-0.39, 0.29) is 58.7 Å². The first-order chi connectivity index (χ1) is 26.0. The highest BCUT2D eigenvalue weighted by atomic mass is 19.4. The SMILES string of the molecule is COc1nc(-c2cccc(-c3cccc(-c4ccn5c(=O)c(CNC[C@@H]6CCC(=O)N6)cnc5c4)c3C)c2C(F)(F)F)ccc1CNC[C@@H]1CCC(=O)N1. The van der Waals surface area contributed by atoms with Gasteiger partial charge in [-0.25, -0.2) is 9.97 Å². The zero-order chi connectivity index (χ0) is 38.0. The number of amides is 2. The van der Waals surface area contributed by atoms with Crippen molar-refractivity contribution in [1.29, 1.82) is 0 Å². The van der Waals surface area contributed by atoms with Gasteiger partial charge in [0.25, 0.3) is 5.56 Å². The van der Waals surface area contributed by atoms with Gasteiger partial charge in [0, 0.05) is 80.2 Å². The first-order valence-corrected chi connectivity index (χ1v) is 17.9. The Morgan fingerprint density at radius 3 is 2.09 bits per heavy atom. The number of aromatic nitrogens is 3. The normalized spacial score (nSPS) is 17.2. The molecule has 0 spiro atoms. The van der Waals surface area contributed by atoms with Gasteiger partial charge < -0.3 is 26.0 Å². The standard InChI is InChI=1S/C40H40F3N7O4/c1-23-29(24-15-16-50-34(17-24)46-20-26(39(50)53)19-45-22-28-11-14-36(52)48-28)5-3-6-30(23)31-7-4-8-32(37(31)40(41,42)43)33-12-9-25(38(49-33)54-2)18-44-21-27-10-13-35(51)47-27/h3-9,12,15-17,20,27-28,44-45H,10-11,13-14,18-19,21-22H2,1-2H3,(H,47,51)(H,48,52)/t27-,28-/m0/s1. The highest BCUT2D eigenvalue weighted by molar-refractivity contribution is 5.84. The molecule has 0 radical (unpaired) electrons. The summed E-state index contributed by atoms with van der Waals surface area (Å²) in [7, 11) is 1.43. The number of carbonyl (C=O) groups is 2. The van der Waals surface area contributed by atoms with Crippen LogP contribution < -0.4 is 31.6 Å². The molecule has 2 fully saturated rings. The number of pyridine rings is 2. The van der Waals surface area contributed by atoms with Gasteiger partial charge in [0.1, 0.15) is 5.65 Å². The fourth-order valence-corrected chi connectivity index (χ4v) is 7.29. The quantitative estimate of drug-likeness (QED) is 0.138. The Morgan fingerprint density at radius 1 is 0.833 bits per heavy atom. The predicted octanol–water partition coefficient (Wildman–Crippen LogP) is 5.16. The van der Waals surface area contributed by atoms with Crippen LogP contribution >= 0.6 is 0 Å². The average molecular weight is 740 g/mol.